The van der Waals surface area contributed by atoms with Crippen molar-refractivity contribution < 1.29 is 0 Å². The molecular weight excluding hydrogens is 274 g/mol. The van der Waals surface area contributed by atoms with Gasteiger partial charge >= 0.3 is 0 Å². The largest absolute Gasteiger partial charge is 0.313 e. The second-order valence-corrected chi connectivity index (χ2v) is 5.57. The Morgan fingerprint density at radius 3 is 2.00 bits per heavy atom. The standard InChI is InChI=1S/C15H24BrN/c1-4-6-12(7-5-2)15(17-3)13-8-10-14(16)11-9-13/h8-12,15,17H,4-7H2,1-3H3. The Bertz CT molecular complexity index is 301. The van der Waals surface area contributed by atoms with Gasteiger partial charge in [0.15, 0.2) is 0 Å². The molecular formula is C15H24BrN. The fourth-order valence-corrected chi connectivity index (χ4v) is 2.83. The van der Waals surface area contributed by atoms with Crippen molar-refractivity contribution in [3.05, 3.63) is 34.3 Å². The molecule has 0 bridgehead atoms. The molecule has 0 aliphatic heterocycles. The highest BCUT2D eigenvalue weighted by Crippen LogP contribution is 2.30. The van der Waals surface area contributed by atoms with Crippen LogP contribution >= 0.6 is 15.9 Å². The van der Waals surface area contributed by atoms with Crippen molar-refractivity contribution in [2.45, 2.75) is 45.6 Å². The van der Waals surface area contributed by atoms with Gasteiger partial charge in [0.25, 0.3) is 0 Å². The number of nitrogens with one attached hydrogen (secondary N) is 1. The van der Waals surface area contributed by atoms with Gasteiger partial charge in [-0.05, 0) is 43.5 Å². The maximum Gasteiger partial charge on any atom is 0.0346 e. The van der Waals surface area contributed by atoms with E-state index in [1.54, 1.807) is 0 Å². The molecule has 0 spiro atoms. The van der Waals surface area contributed by atoms with E-state index in [1.165, 1.54) is 31.2 Å². The van der Waals surface area contributed by atoms with Crippen molar-refractivity contribution in [1.29, 1.82) is 0 Å². The monoisotopic (exact) mass is 297 g/mol. The summed E-state index contributed by atoms with van der Waals surface area (Å²) in [5.41, 5.74) is 1.41. The van der Waals surface area contributed by atoms with Gasteiger partial charge in [-0.1, -0.05) is 54.8 Å². The van der Waals surface area contributed by atoms with Crippen molar-refractivity contribution in [3.8, 4) is 0 Å². The van der Waals surface area contributed by atoms with Crippen molar-refractivity contribution in [2.75, 3.05) is 7.05 Å². The molecule has 0 amide bonds. The molecule has 1 rings (SSSR count). The first-order valence-corrected chi connectivity index (χ1v) is 7.44. The summed E-state index contributed by atoms with van der Waals surface area (Å²) in [6, 6.07) is 9.21. The van der Waals surface area contributed by atoms with Gasteiger partial charge < -0.3 is 5.32 Å². The van der Waals surface area contributed by atoms with Gasteiger partial charge in [0.05, 0.1) is 0 Å². The third-order valence-corrected chi connectivity index (χ3v) is 3.86. The lowest BCUT2D eigenvalue weighted by Crippen LogP contribution is -2.25. The van der Waals surface area contributed by atoms with Crippen LogP contribution in [-0.2, 0) is 0 Å². The molecule has 0 heterocycles. The average molecular weight is 298 g/mol. The first-order valence-electron chi connectivity index (χ1n) is 6.65. The van der Waals surface area contributed by atoms with Crippen LogP contribution in [0.4, 0.5) is 0 Å². The van der Waals surface area contributed by atoms with Gasteiger partial charge in [-0.25, -0.2) is 0 Å². The molecule has 0 saturated heterocycles. The summed E-state index contributed by atoms with van der Waals surface area (Å²) in [6.07, 6.45) is 5.13. The normalized spacial score (nSPS) is 13.0. The van der Waals surface area contributed by atoms with Crippen LogP contribution in [0.1, 0.15) is 51.1 Å². The molecule has 0 aliphatic rings. The Balaban J connectivity index is 2.83. The van der Waals surface area contributed by atoms with E-state index in [-0.39, 0.29) is 0 Å². The van der Waals surface area contributed by atoms with E-state index in [9.17, 15) is 0 Å². The van der Waals surface area contributed by atoms with Gasteiger partial charge in [0, 0.05) is 10.5 Å². The first-order chi connectivity index (χ1) is 8.22. The Hall–Kier alpha value is -0.340. The molecule has 0 aliphatic carbocycles. The van der Waals surface area contributed by atoms with Gasteiger partial charge in [0.1, 0.15) is 0 Å². The molecule has 0 saturated carbocycles. The molecule has 1 atom stereocenters. The highest BCUT2D eigenvalue weighted by Gasteiger charge is 2.19. The summed E-state index contributed by atoms with van der Waals surface area (Å²) < 4.78 is 1.15. The number of rotatable bonds is 7. The van der Waals surface area contributed by atoms with E-state index in [1.807, 2.05) is 0 Å². The minimum Gasteiger partial charge on any atom is -0.313 e. The summed E-state index contributed by atoms with van der Waals surface area (Å²) in [7, 11) is 2.07. The number of halogens is 1. The molecule has 1 unspecified atom stereocenters. The second-order valence-electron chi connectivity index (χ2n) is 4.66. The topological polar surface area (TPSA) is 12.0 Å². The summed E-state index contributed by atoms with van der Waals surface area (Å²) in [5, 5.41) is 3.49. The van der Waals surface area contributed by atoms with E-state index >= 15 is 0 Å². The lowest BCUT2D eigenvalue weighted by atomic mass is 9.86. The molecule has 0 aromatic heterocycles. The Kier molecular flexibility index (Phi) is 6.83. The molecule has 1 aromatic carbocycles. The zero-order chi connectivity index (χ0) is 12.7. The van der Waals surface area contributed by atoms with Crippen molar-refractivity contribution in [2.24, 2.45) is 5.92 Å². The zero-order valence-electron chi connectivity index (χ0n) is 11.2. The van der Waals surface area contributed by atoms with Crippen molar-refractivity contribution in [1.82, 2.24) is 5.32 Å². The lowest BCUT2D eigenvalue weighted by Gasteiger charge is -2.27. The molecule has 1 aromatic rings. The quantitative estimate of drug-likeness (QED) is 0.753. The summed E-state index contributed by atoms with van der Waals surface area (Å²) in [6.45, 7) is 4.55. The highest BCUT2D eigenvalue weighted by atomic mass is 79.9. The van der Waals surface area contributed by atoms with Crippen LogP contribution in [0.2, 0.25) is 0 Å². The molecule has 2 heteroatoms. The predicted octanol–water partition coefficient (Wildman–Crippen LogP) is 4.93. The van der Waals surface area contributed by atoms with Gasteiger partial charge in [0.2, 0.25) is 0 Å². The molecule has 96 valence electrons. The maximum atomic E-state index is 3.49. The molecule has 0 fully saturated rings. The fraction of sp³-hybridized carbons (Fsp3) is 0.600. The van der Waals surface area contributed by atoms with E-state index < -0.39 is 0 Å². The first kappa shape index (κ1) is 14.7. The van der Waals surface area contributed by atoms with E-state index in [4.69, 9.17) is 0 Å². The van der Waals surface area contributed by atoms with E-state index in [2.05, 4.69) is 66.4 Å². The Labute approximate surface area is 114 Å². The molecule has 1 nitrogen and oxygen atoms in total. The summed E-state index contributed by atoms with van der Waals surface area (Å²) in [4.78, 5) is 0. The van der Waals surface area contributed by atoms with E-state index in [0.29, 0.717) is 6.04 Å². The van der Waals surface area contributed by atoms with Gasteiger partial charge in [-0.2, -0.15) is 0 Å². The van der Waals surface area contributed by atoms with Crippen LogP contribution in [0, 0.1) is 5.92 Å². The van der Waals surface area contributed by atoms with Crippen molar-refractivity contribution >= 4 is 15.9 Å². The molecule has 1 N–H and O–H groups in total. The smallest absolute Gasteiger partial charge is 0.0346 e. The summed E-state index contributed by atoms with van der Waals surface area (Å²) >= 11 is 3.49. The fourth-order valence-electron chi connectivity index (χ4n) is 2.56. The minimum absolute atomic E-state index is 0.489. The minimum atomic E-state index is 0.489. The predicted molar refractivity (Wildman–Crippen MR) is 79.2 cm³/mol. The average Bonchev–Trinajstić information content (AvgIpc) is 2.33. The molecule has 17 heavy (non-hydrogen) atoms. The van der Waals surface area contributed by atoms with E-state index in [0.717, 1.165) is 10.4 Å². The molecule has 0 radical (unpaired) electrons. The van der Waals surface area contributed by atoms with Crippen LogP contribution in [0.25, 0.3) is 0 Å². The van der Waals surface area contributed by atoms with Crippen LogP contribution in [-0.4, -0.2) is 7.05 Å². The number of benzene rings is 1. The number of hydrogen-bond donors (Lipinski definition) is 1. The highest BCUT2D eigenvalue weighted by molar-refractivity contribution is 9.10. The van der Waals surface area contributed by atoms with Crippen LogP contribution in [0.3, 0.4) is 0 Å². The maximum absolute atomic E-state index is 3.49. The zero-order valence-corrected chi connectivity index (χ0v) is 12.8. The van der Waals surface area contributed by atoms with Crippen LogP contribution in [0.5, 0.6) is 0 Å². The van der Waals surface area contributed by atoms with Crippen LogP contribution < -0.4 is 5.32 Å². The second kappa shape index (κ2) is 7.88. The SMILES string of the molecule is CCCC(CCC)C(NC)c1ccc(Br)cc1. The summed E-state index contributed by atoms with van der Waals surface area (Å²) in [5.74, 6) is 0.746. The van der Waals surface area contributed by atoms with Crippen LogP contribution in [0.15, 0.2) is 28.7 Å². The Morgan fingerprint density at radius 1 is 1.06 bits per heavy atom. The van der Waals surface area contributed by atoms with Gasteiger partial charge in [-0.3, -0.25) is 0 Å². The third-order valence-electron chi connectivity index (χ3n) is 3.33. The Morgan fingerprint density at radius 2 is 1.59 bits per heavy atom. The third kappa shape index (κ3) is 4.44. The van der Waals surface area contributed by atoms with Gasteiger partial charge in [-0.15, -0.1) is 0 Å². The lowest BCUT2D eigenvalue weighted by molar-refractivity contribution is 0.331. The van der Waals surface area contributed by atoms with Crippen molar-refractivity contribution in [3.63, 3.8) is 0 Å². The number of hydrogen-bond acceptors (Lipinski definition) is 1.